The Kier molecular flexibility index (Phi) is 3.02. The maximum absolute atomic E-state index is 6.19. The number of hydrogen-bond acceptors (Lipinski definition) is 6. The number of halogens is 1. The predicted octanol–water partition coefficient (Wildman–Crippen LogP) is 3.38. The summed E-state index contributed by atoms with van der Waals surface area (Å²) in [6.07, 6.45) is 2.83. The van der Waals surface area contributed by atoms with E-state index >= 15 is 0 Å². The molecule has 7 heteroatoms. The van der Waals surface area contributed by atoms with Crippen molar-refractivity contribution in [2.75, 3.05) is 0 Å². The molecule has 1 aliphatic carbocycles. The van der Waals surface area contributed by atoms with Crippen molar-refractivity contribution in [2.24, 2.45) is 5.73 Å². The standard InChI is InChI=1S/C15H13ClN4O2/c16-10-5-2-1-4-9(10)12-8-11(19-21-12)13-18-14(20-22-13)15(17)6-3-7-15/h1-2,4-5,8H,3,6-7,17H2. The lowest BCUT2D eigenvalue weighted by molar-refractivity contribution is 0.229. The van der Waals surface area contributed by atoms with E-state index in [1.807, 2.05) is 18.2 Å². The van der Waals surface area contributed by atoms with Gasteiger partial charge in [-0.3, -0.25) is 0 Å². The van der Waals surface area contributed by atoms with Crippen LogP contribution in [0.4, 0.5) is 0 Å². The largest absolute Gasteiger partial charge is 0.355 e. The van der Waals surface area contributed by atoms with Crippen molar-refractivity contribution in [1.82, 2.24) is 15.3 Å². The van der Waals surface area contributed by atoms with Gasteiger partial charge in [0.2, 0.25) is 0 Å². The molecule has 1 aromatic carbocycles. The fraction of sp³-hybridized carbons (Fsp3) is 0.267. The molecule has 4 rings (SSSR count). The van der Waals surface area contributed by atoms with E-state index < -0.39 is 5.54 Å². The first-order valence-electron chi connectivity index (χ1n) is 7.01. The van der Waals surface area contributed by atoms with E-state index in [0.29, 0.717) is 28.2 Å². The molecular weight excluding hydrogens is 304 g/mol. The molecule has 1 fully saturated rings. The lowest BCUT2D eigenvalue weighted by atomic mass is 9.77. The average molecular weight is 317 g/mol. The molecule has 0 radical (unpaired) electrons. The van der Waals surface area contributed by atoms with Gasteiger partial charge in [-0.2, -0.15) is 4.98 Å². The minimum atomic E-state index is -0.461. The normalized spacial score (nSPS) is 16.5. The quantitative estimate of drug-likeness (QED) is 0.796. The second-order valence-corrected chi connectivity index (χ2v) is 5.90. The molecule has 0 spiro atoms. The zero-order valence-corrected chi connectivity index (χ0v) is 12.4. The molecule has 112 valence electrons. The van der Waals surface area contributed by atoms with Gasteiger partial charge in [0.15, 0.2) is 17.3 Å². The van der Waals surface area contributed by atoms with E-state index in [1.165, 1.54) is 0 Å². The first-order valence-corrected chi connectivity index (χ1v) is 7.39. The van der Waals surface area contributed by atoms with E-state index in [9.17, 15) is 0 Å². The number of hydrogen-bond donors (Lipinski definition) is 1. The highest BCUT2D eigenvalue weighted by Gasteiger charge is 2.39. The molecule has 1 aliphatic rings. The highest BCUT2D eigenvalue weighted by Crippen LogP contribution is 2.38. The third-order valence-corrected chi connectivity index (χ3v) is 4.32. The molecule has 0 bridgehead atoms. The molecule has 0 saturated heterocycles. The Balaban J connectivity index is 1.66. The van der Waals surface area contributed by atoms with Crippen LogP contribution in [0.15, 0.2) is 39.4 Å². The van der Waals surface area contributed by atoms with Crippen molar-refractivity contribution in [3.05, 3.63) is 41.2 Å². The number of aromatic nitrogens is 3. The second-order valence-electron chi connectivity index (χ2n) is 5.49. The van der Waals surface area contributed by atoms with Gasteiger partial charge in [-0.15, -0.1) is 0 Å². The molecule has 2 N–H and O–H groups in total. The molecule has 1 saturated carbocycles. The summed E-state index contributed by atoms with van der Waals surface area (Å²) < 4.78 is 10.6. The van der Waals surface area contributed by atoms with Crippen LogP contribution in [0, 0.1) is 0 Å². The molecule has 0 unspecified atom stereocenters. The van der Waals surface area contributed by atoms with Crippen LogP contribution in [0.25, 0.3) is 22.9 Å². The Morgan fingerprint density at radius 3 is 2.68 bits per heavy atom. The van der Waals surface area contributed by atoms with Crippen molar-refractivity contribution in [2.45, 2.75) is 24.8 Å². The van der Waals surface area contributed by atoms with Crippen molar-refractivity contribution in [3.8, 4) is 22.9 Å². The van der Waals surface area contributed by atoms with E-state index in [0.717, 1.165) is 24.8 Å². The number of rotatable bonds is 3. The van der Waals surface area contributed by atoms with Crippen molar-refractivity contribution in [3.63, 3.8) is 0 Å². The molecule has 2 heterocycles. The average Bonchev–Trinajstić information content (AvgIpc) is 3.14. The van der Waals surface area contributed by atoms with E-state index in [4.69, 9.17) is 26.4 Å². The van der Waals surface area contributed by atoms with Gasteiger partial charge < -0.3 is 14.8 Å². The van der Waals surface area contributed by atoms with Crippen molar-refractivity contribution >= 4 is 11.6 Å². The number of benzene rings is 1. The minimum Gasteiger partial charge on any atom is -0.355 e. The molecule has 22 heavy (non-hydrogen) atoms. The Morgan fingerprint density at radius 2 is 1.95 bits per heavy atom. The predicted molar refractivity (Wildman–Crippen MR) is 80.0 cm³/mol. The summed E-state index contributed by atoms with van der Waals surface area (Å²) in [5, 5.41) is 8.53. The Morgan fingerprint density at radius 1 is 1.14 bits per heavy atom. The summed E-state index contributed by atoms with van der Waals surface area (Å²) >= 11 is 6.15. The summed E-state index contributed by atoms with van der Waals surface area (Å²) in [6.45, 7) is 0. The second kappa shape index (κ2) is 4.93. The smallest absolute Gasteiger partial charge is 0.280 e. The Hall–Kier alpha value is -2.18. The summed E-state index contributed by atoms with van der Waals surface area (Å²) in [6, 6.07) is 9.10. The minimum absolute atomic E-state index is 0.300. The van der Waals surface area contributed by atoms with E-state index in [-0.39, 0.29) is 0 Å². The van der Waals surface area contributed by atoms with Gasteiger partial charge in [0, 0.05) is 11.6 Å². The van der Waals surface area contributed by atoms with Crippen LogP contribution in [0.5, 0.6) is 0 Å². The number of nitrogens with two attached hydrogens (primary N) is 1. The third kappa shape index (κ3) is 2.12. The van der Waals surface area contributed by atoms with Gasteiger partial charge in [0.1, 0.15) is 0 Å². The van der Waals surface area contributed by atoms with Crippen molar-refractivity contribution in [1.29, 1.82) is 0 Å². The molecule has 2 aromatic heterocycles. The van der Waals surface area contributed by atoms with Crippen LogP contribution in [0.2, 0.25) is 5.02 Å². The highest BCUT2D eigenvalue weighted by atomic mass is 35.5. The monoisotopic (exact) mass is 316 g/mol. The fourth-order valence-corrected chi connectivity index (χ4v) is 2.70. The molecule has 6 nitrogen and oxygen atoms in total. The maximum atomic E-state index is 6.19. The van der Waals surface area contributed by atoms with Crippen LogP contribution < -0.4 is 5.73 Å². The van der Waals surface area contributed by atoms with Gasteiger partial charge in [0.05, 0.1) is 10.6 Å². The third-order valence-electron chi connectivity index (χ3n) is 3.99. The first-order chi connectivity index (χ1) is 10.7. The van der Waals surface area contributed by atoms with Gasteiger partial charge in [-0.25, -0.2) is 0 Å². The van der Waals surface area contributed by atoms with Crippen LogP contribution in [-0.4, -0.2) is 15.3 Å². The van der Waals surface area contributed by atoms with Crippen molar-refractivity contribution < 1.29 is 9.05 Å². The highest BCUT2D eigenvalue weighted by molar-refractivity contribution is 6.33. The van der Waals surface area contributed by atoms with E-state index in [2.05, 4.69) is 15.3 Å². The summed E-state index contributed by atoms with van der Waals surface area (Å²) in [5.74, 6) is 1.37. The summed E-state index contributed by atoms with van der Waals surface area (Å²) in [5.41, 5.74) is 6.95. The van der Waals surface area contributed by atoms with Gasteiger partial charge >= 0.3 is 0 Å². The Labute approximate surface area is 131 Å². The van der Waals surface area contributed by atoms with E-state index in [1.54, 1.807) is 12.1 Å². The zero-order chi connectivity index (χ0) is 15.2. The Bertz CT molecular complexity index is 822. The molecule has 0 amide bonds. The molecule has 0 atom stereocenters. The summed E-state index contributed by atoms with van der Waals surface area (Å²) in [4.78, 5) is 4.35. The van der Waals surface area contributed by atoms with Gasteiger partial charge in [0.25, 0.3) is 5.89 Å². The topological polar surface area (TPSA) is 91.0 Å². The van der Waals surface area contributed by atoms with Gasteiger partial charge in [-0.1, -0.05) is 34.0 Å². The molecular formula is C15H13ClN4O2. The number of nitrogens with zero attached hydrogens (tertiary/aromatic N) is 3. The van der Waals surface area contributed by atoms with Crippen LogP contribution >= 0.6 is 11.6 Å². The lowest BCUT2D eigenvalue weighted by Crippen LogP contribution is -2.44. The SMILES string of the molecule is NC1(c2noc(-c3cc(-c4ccccc4Cl)on3)n2)CCC1. The lowest BCUT2D eigenvalue weighted by Gasteiger charge is -2.34. The first kappa shape index (κ1) is 13.5. The molecule has 0 aliphatic heterocycles. The maximum Gasteiger partial charge on any atom is 0.280 e. The zero-order valence-electron chi connectivity index (χ0n) is 11.6. The van der Waals surface area contributed by atoms with Crippen LogP contribution in [0.3, 0.4) is 0 Å². The van der Waals surface area contributed by atoms with Crippen LogP contribution in [-0.2, 0) is 5.54 Å². The van der Waals surface area contributed by atoms with Gasteiger partial charge in [-0.05, 0) is 31.4 Å². The fourth-order valence-electron chi connectivity index (χ4n) is 2.48. The van der Waals surface area contributed by atoms with Crippen LogP contribution in [0.1, 0.15) is 25.1 Å². The summed E-state index contributed by atoms with van der Waals surface area (Å²) in [7, 11) is 0. The molecule has 3 aromatic rings.